The Labute approximate surface area is 127 Å². The van der Waals surface area contributed by atoms with E-state index in [4.69, 9.17) is 4.74 Å². The Morgan fingerprint density at radius 3 is 2.05 bits per heavy atom. The quantitative estimate of drug-likeness (QED) is 0.883. The molecule has 0 saturated carbocycles. The predicted molar refractivity (Wildman–Crippen MR) is 88.6 cm³/mol. The van der Waals surface area contributed by atoms with Crippen LogP contribution in [-0.2, 0) is 4.74 Å². The number of hydrogen-bond acceptors (Lipinski definition) is 3. The lowest BCUT2D eigenvalue weighted by atomic mass is 9.95. The molecule has 1 N–H and O–H groups in total. The third-order valence-electron chi connectivity index (χ3n) is 3.19. The summed E-state index contributed by atoms with van der Waals surface area (Å²) in [5, 5.41) is 10.5. The lowest BCUT2D eigenvalue weighted by molar-refractivity contribution is 0.0627. The molecule has 1 aromatic carbocycles. The maximum absolute atomic E-state index is 10.5. The zero-order valence-electron chi connectivity index (χ0n) is 13.8. The number of ether oxygens (including phenoxy) is 1. The van der Waals surface area contributed by atoms with Gasteiger partial charge in [0.1, 0.15) is 0 Å². The SMILES string of the molecule is COC[C@H](O)[C@H](SC(C)(C)C)c1c(C)cc(C)cc1C. The van der Waals surface area contributed by atoms with Crippen LogP contribution in [0.25, 0.3) is 0 Å². The van der Waals surface area contributed by atoms with Crippen LogP contribution in [0.15, 0.2) is 12.1 Å². The Morgan fingerprint density at radius 1 is 1.15 bits per heavy atom. The van der Waals surface area contributed by atoms with E-state index >= 15 is 0 Å². The van der Waals surface area contributed by atoms with Gasteiger partial charge in [-0.25, -0.2) is 0 Å². The lowest BCUT2D eigenvalue weighted by Crippen LogP contribution is -2.26. The average molecular weight is 296 g/mol. The van der Waals surface area contributed by atoms with E-state index in [9.17, 15) is 5.11 Å². The number of aryl methyl sites for hydroxylation is 3. The van der Waals surface area contributed by atoms with Crippen molar-refractivity contribution < 1.29 is 9.84 Å². The molecule has 0 heterocycles. The van der Waals surface area contributed by atoms with Gasteiger partial charge in [-0.1, -0.05) is 38.5 Å². The monoisotopic (exact) mass is 296 g/mol. The van der Waals surface area contributed by atoms with Crippen molar-refractivity contribution in [3.05, 3.63) is 34.4 Å². The number of methoxy groups -OCH3 is 1. The smallest absolute Gasteiger partial charge is 0.0932 e. The van der Waals surface area contributed by atoms with Gasteiger partial charge in [0.25, 0.3) is 0 Å². The van der Waals surface area contributed by atoms with Crippen LogP contribution in [0.5, 0.6) is 0 Å². The molecule has 0 aliphatic rings. The maximum atomic E-state index is 10.5. The molecule has 0 fully saturated rings. The van der Waals surface area contributed by atoms with Crippen LogP contribution < -0.4 is 0 Å². The number of thioether (sulfide) groups is 1. The Kier molecular flexibility index (Phi) is 6.11. The van der Waals surface area contributed by atoms with Crippen molar-refractivity contribution in [2.24, 2.45) is 0 Å². The molecular formula is C17H28O2S. The van der Waals surface area contributed by atoms with E-state index in [-0.39, 0.29) is 10.00 Å². The first-order chi connectivity index (χ1) is 9.15. The Balaban J connectivity index is 3.23. The zero-order chi connectivity index (χ0) is 15.5. The summed E-state index contributed by atoms with van der Waals surface area (Å²) in [5.41, 5.74) is 5.02. The molecule has 0 aliphatic carbocycles. The molecular weight excluding hydrogens is 268 g/mol. The fourth-order valence-electron chi connectivity index (χ4n) is 2.61. The summed E-state index contributed by atoms with van der Waals surface area (Å²) in [6.07, 6.45) is -0.496. The summed E-state index contributed by atoms with van der Waals surface area (Å²) in [7, 11) is 1.64. The van der Waals surface area contributed by atoms with Gasteiger partial charge >= 0.3 is 0 Å². The van der Waals surface area contributed by atoms with Crippen molar-refractivity contribution >= 4 is 11.8 Å². The molecule has 0 aliphatic heterocycles. The first-order valence-electron chi connectivity index (χ1n) is 7.08. The van der Waals surface area contributed by atoms with Gasteiger partial charge in [-0.3, -0.25) is 0 Å². The number of hydrogen-bond donors (Lipinski definition) is 1. The van der Waals surface area contributed by atoms with Crippen LogP contribution in [0.3, 0.4) is 0 Å². The average Bonchev–Trinajstić information content (AvgIpc) is 2.24. The van der Waals surface area contributed by atoms with Gasteiger partial charge < -0.3 is 9.84 Å². The molecule has 1 aromatic rings. The normalized spacial score (nSPS) is 15.2. The molecule has 0 spiro atoms. The van der Waals surface area contributed by atoms with Crippen LogP contribution in [-0.4, -0.2) is 29.7 Å². The van der Waals surface area contributed by atoms with Gasteiger partial charge in [-0.15, -0.1) is 11.8 Å². The molecule has 3 heteroatoms. The minimum absolute atomic E-state index is 0.0375. The second-order valence-corrected chi connectivity index (χ2v) is 8.45. The Bertz CT molecular complexity index is 426. The van der Waals surface area contributed by atoms with E-state index < -0.39 is 6.10 Å². The molecule has 0 unspecified atom stereocenters. The summed E-state index contributed by atoms with van der Waals surface area (Å²) in [5.74, 6) is 0. The van der Waals surface area contributed by atoms with E-state index in [0.717, 1.165) is 0 Å². The fraction of sp³-hybridized carbons (Fsp3) is 0.647. The largest absolute Gasteiger partial charge is 0.389 e. The molecule has 114 valence electrons. The van der Waals surface area contributed by atoms with E-state index in [0.29, 0.717) is 6.61 Å². The number of rotatable bonds is 5. The minimum Gasteiger partial charge on any atom is -0.389 e. The van der Waals surface area contributed by atoms with Crippen molar-refractivity contribution in [1.82, 2.24) is 0 Å². The predicted octanol–water partition coefficient (Wildman–Crippen LogP) is 4.19. The first kappa shape index (κ1) is 17.5. The summed E-state index contributed by atoms with van der Waals surface area (Å²) in [4.78, 5) is 0. The maximum Gasteiger partial charge on any atom is 0.0932 e. The molecule has 2 nitrogen and oxygen atoms in total. The highest BCUT2D eigenvalue weighted by Crippen LogP contribution is 2.43. The van der Waals surface area contributed by atoms with Gasteiger partial charge in [0.15, 0.2) is 0 Å². The highest BCUT2D eigenvalue weighted by Gasteiger charge is 2.29. The molecule has 1 rings (SSSR count). The molecule has 0 amide bonds. The van der Waals surface area contributed by atoms with Gasteiger partial charge in [-0.05, 0) is 37.5 Å². The fourth-order valence-corrected chi connectivity index (χ4v) is 4.10. The highest BCUT2D eigenvalue weighted by atomic mass is 32.2. The standard InChI is InChI=1S/C17H28O2S/c1-11-8-12(2)15(13(3)9-11)16(14(18)10-19-7)20-17(4,5)6/h8-9,14,16,18H,10H2,1-7H3/t14-,16-/m0/s1. The summed E-state index contributed by atoms with van der Waals surface area (Å²) in [6.45, 7) is 13.3. The second kappa shape index (κ2) is 6.97. The molecule has 0 bridgehead atoms. The number of benzene rings is 1. The van der Waals surface area contributed by atoms with Crippen LogP contribution in [0.2, 0.25) is 0 Å². The number of aliphatic hydroxyl groups excluding tert-OH is 1. The van der Waals surface area contributed by atoms with E-state index in [1.165, 1.54) is 22.3 Å². The topological polar surface area (TPSA) is 29.5 Å². The van der Waals surface area contributed by atoms with Crippen molar-refractivity contribution in [1.29, 1.82) is 0 Å². The molecule has 20 heavy (non-hydrogen) atoms. The van der Waals surface area contributed by atoms with E-state index in [2.05, 4.69) is 53.7 Å². The summed E-state index contributed by atoms with van der Waals surface area (Å²) in [6, 6.07) is 4.39. The van der Waals surface area contributed by atoms with Crippen LogP contribution in [0, 0.1) is 20.8 Å². The van der Waals surface area contributed by atoms with Gasteiger partial charge in [0.05, 0.1) is 18.0 Å². The van der Waals surface area contributed by atoms with Crippen molar-refractivity contribution in [3.8, 4) is 0 Å². The number of aliphatic hydroxyl groups is 1. The van der Waals surface area contributed by atoms with Gasteiger partial charge in [-0.2, -0.15) is 0 Å². The van der Waals surface area contributed by atoms with Gasteiger partial charge in [0.2, 0.25) is 0 Å². The van der Waals surface area contributed by atoms with Crippen LogP contribution >= 0.6 is 11.8 Å². The van der Waals surface area contributed by atoms with Crippen molar-refractivity contribution in [2.45, 2.75) is 57.6 Å². The van der Waals surface area contributed by atoms with E-state index in [1.54, 1.807) is 7.11 Å². The van der Waals surface area contributed by atoms with Crippen molar-refractivity contribution in [3.63, 3.8) is 0 Å². The molecule has 0 radical (unpaired) electrons. The Hall–Kier alpha value is -0.510. The third kappa shape index (κ3) is 4.80. The lowest BCUT2D eigenvalue weighted by Gasteiger charge is -2.31. The summed E-state index contributed by atoms with van der Waals surface area (Å²) < 4.78 is 5.25. The third-order valence-corrected chi connectivity index (χ3v) is 4.70. The van der Waals surface area contributed by atoms with Crippen LogP contribution in [0.4, 0.5) is 0 Å². The molecule has 2 atom stereocenters. The Morgan fingerprint density at radius 2 is 1.65 bits per heavy atom. The van der Waals surface area contributed by atoms with Gasteiger partial charge in [0, 0.05) is 11.9 Å². The highest BCUT2D eigenvalue weighted by molar-refractivity contribution is 8.00. The second-order valence-electron chi connectivity index (χ2n) is 6.49. The zero-order valence-corrected chi connectivity index (χ0v) is 14.6. The molecule has 0 saturated heterocycles. The first-order valence-corrected chi connectivity index (χ1v) is 7.96. The van der Waals surface area contributed by atoms with Crippen LogP contribution in [0.1, 0.15) is 48.3 Å². The van der Waals surface area contributed by atoms with E-state index in [1.807, 2.05) is 11.8 Å². The van der Waals surface area contributed by atoms with Crippen molar-refractivity contribution in [2.75, 3.05) is 13.7 Å². The minimum atomic E-state index is -0.496. The summed E-state index contributed by atoms with van der Waals surface area (Å²) >= 11 is 1.81. The molecule has 0 aromatic heterocycles.